The van der Waals surface area contributed by atoms with Crippen LogP contribution in [0.15, 0.2) is 437 Å². The Kier molecular flexibility index (Phi) is 21.3. The molecule has 0 amide bonds. The summed E-state index contributed by atoms with van der Waals surface area (Å²) in [5.41, 5.74) is 55.3. The number of rotatable bonds is 19. The Balaban J connectivity index is 0.743. The molecule has 4 nitrogen and oxygen atoms in total. The standard InChI is InChI=1S/C138H114N4/c1-87-65-89(3)133(90(4)66-87)141(109-59-63-123-119-51-29-33-55-127(119)137(11,12)131(123)85-109)115-79-105(77-113(81-115)139(107-57-61-121-117-49-27-31-53-125(117)135(7,8)129(121)83-107)111-73-101(93-37-19-15-20-38-93)71-102(74-111)94-39-21-16-22-40-94)99-47-35-45-97(69-99)98-46-36-48-100(70-98)106-78-114(82-116(80-106)142(134-91(5)67-88(2)68-92(134)6)110-60-64-124-120-52-30-34-56-128(120)138(13,14)132(124)86-110)140(108-58-62-122-118-50-28-32-54-126(118)136(9,10)130(122)84-108)112-75-103(95-41-23-17-24-42-95)72-104(76-112)96-43-25-18-26-44-96/h15-86H,1-14H3. The van der Waals surface area contributed by atoms with E-state index in [2.05, 4.69) is 553 Å². The summed E-state index contributed by atoms with van der Waals surface area (Å²) < 4.78 is 0. The zero-order valence-electron chi connectivity index (χ0n) is 83.4. The number of fused-ring (bicyclic) bond motifs is 12. The van der Waals surface area contributed by atoms with Crippen LogP contribution in [0.2, 0.25) is 0 Å². The maximum atomic E-state index is 2.59. The lowest BCUT2D eigenvalue weighted by molar-refractivity contribution is 0.660. The topological polar surface area (TPSA) is 13.0 Å². The Morgan fingerprint density at radius 1 is 0.134 bits per heavy atom. The molecule has 0 radical (unpaired) electrons. The minimum Gasteiger partial charge on any atom is -0.310 e. The van der Waals surface area contributed by atoms with Crippen LogP contribution in [-0.4, -0.2) is 0 Å². The Labute approximate surface area is 837 Å². The molecule has 24 rings (SSSR count). The first-order valence-electron chi connectivity index (χ1n) is 50.2. The van der Waals surface area contributed by atoms with Crippen molar-refractivity contribution in [2.24, 2.45) is 0 Å². The van der Waals surface area contributed by atoms with Gasteiger partial charge in [0.25, 0.3) is 0 Å². The number of aryl methyl sites for hydroxylation is 6. The summed E-state index contributed by atoms with van der Waals surface area (Å²) in [6.07, 6.45) is 0. The Hall–Kier alpha value is -16.4. The van der Waals surface area contributed by atoms with Gasteiger partial charge < -0.3 is 19.6 Å². The van der Waals surface area contributed by atoms with E-state index in [1.54, 1.807) is 0 Å². The highest BCUT2D eigenvalue weighted by molar-refractivity contribution is 5.99. The van der Waals surface area contributed by atoms with E-state index in [0.29, 0.717) is 0 Å². The van der Waals surface area contributed by atoms with Crippen molar-refractivity contribution in [3.05, 3.63) is 515 Å². The molecule has 686 valence electrons. The summed E-state index contributed by atoms with van der Waals surface area (Å²) in [5, 5.41) is 0. The summed E-state index contributed by atoms with van der Waals surface area (Å²) in [6, 6.07) is 167. The lowest BCUT2D eigenvalue weighted by Crippen LogP contribution is -2.18. The molecule has 0 fully saturated rings. The second-order valence-corrected chi connectivity index (χ2v) is 42.1. The fourth-order valence-corrected chi connectivity index (χ4v) is 24.6. The molecule has 0 aromatic heterocycles. The van der Waals surface area contributed by atoms with Gasteiger partial charge in [0.1, 0.15) is 0 Å². The Morgan fingerprint density at radius 2 is 0.324 bits per heavy atom. The van der Waals surface area contributed by atoms with Crippen molar-refractivity contribution in [1.82, 2.24) is 0 Å². The molecule has 4 heteroatoms. The number of nitrogens with zero attached hydrogens (tertiary/aromatic N) is 4. The minimum absolute atomic E-state index is 0.274. The normalized spacial score (nSPS) is 13.6. The van der Waals surface area contributed by atoms with Crippen LogP contribution < -0.4 is 19.6 Å². The van der Waals surface area contributed by atoms with Crippen LogP contribution in [0.3, 0.4) is 0 Å². The average molecular weight is 1830 g/mol. The lowest BCUT2D eigenvalue weighted by atomic mass is 9.82. The van der Waals surface area contributed by atoms with Crippen LogP contribution >= 0.6 is 0 Å². The third-order valence-corrected chi connectivity index (χ3v) is 31.4. The van der Waals surface area contributed by atoms with Gasteiger partial charge in [-0.3, -0.25) is 0 Å². The zero-order valence-corrected chi connectivity index (χ0v) is 83.4. The van der Waals surface area contributed by atoms with Gasteiger partial charge in [-0.15, -0.1) is 0 Å². The highest BCUT2D eigenvalue weighted by atomic mass is 15.2. The molecular weight excluding hydrogens is 1710 g/mol. The van der Waals surface area contributed by atoms with E-state index in [0.717, 1.165) is 146 Å². The van der Waals surface area contributed by atoms with E-state index in [1.165, 1.54) is 122 Å². The summed E-state index contributed by atoms with van der Waals surface area (Å²) in [5.74, 6) is 0. The largest absolute Gasteiger partial charge is 0.310 e. The first-order chi connectivity index (χ1) is 68.8. The molecule has 0 atom stereocenters. The Morgan fingerprint density at radius 3 is 0.585 bits per heavy atom. The van der Waals surface area contributed by atoms with Gasteiger partial charge in [0.05, 0.1) is 11.4 Å². The van der Waals surface area contributed by atoms with Crippen molar-refractivity contribution in [1.29, 1.82) is 0 Å². The monoisotopic (exact) mass is 1830 g/mol. The molecule has 142 heavy (non-hydrogen) atoms. The SMILES string of the molecule is Cc1cc(C)c(N(c2cc(-c3cccc(-c4cccc(-c5cc(N(c6cc(-c7ccccc7)cc(-c7ccccc7)c6)c6ccc7c(c6)C(C)(C)c6ccccc6-7)cc(N(c6ccc7c(c6)C(C)(C)c6ccccc6-7)c6c(C)cc(C)cc6C)c5)c4)c3)cc(N(c3cc(-c4ccccc4)cc(-c4ccccc4)c3)c3ccc4c(c3)C(C)(C)c3ccccc3-4)c2)c2ccc3c(c2)C(C)(C)c2ccccc2-3)c(C)c1. The minimum atomic E-state index is -0.298. The Bertz CT molecular complexity index is 7820. The lowest BCUT2D eigenvalue weighted by Gasteiger charge is -2.33. The smallest absolute Gasteiger partial charge is 0.0520 e. The van der Waals surface area contributed by atoms with E-state index in [-0.39, 0.29) is 21.7 Å². The summed E-state index contributed by atoms with van der Waals surface area (Å²) >= 11 is 0. The fourth-order valence-electron chi connectivity index (χ4n) is 24.6. The van der Waals surface area contributed by atoms with E-state index < -0.39 is 0 Å². The summed E-state index contributed by atoms with van der Waals surface area (Å²) in [6.45, 7) is 32.9. The van der Waals surface area contributed by atoms with Crippen LogP contribution in [0, 0.1) is 41.5 Å². The number of anilines is 12. The molecule has 0 unspecified atom stereocenters. The fraction of sp³-hybridized carbons (Fsp3) is 0.130. The van der Waals surface area contributed by atoms with Crippen molar-refractivity contribution < 1.29 is 0 Å². The molecule has 20 aromatic rings. The third-order valence-electron chi connectivity index (χ3n) is 31.4. The van der Waals surface area contributed by atoms with Gasteiger partial charge in [-0.2, -0.15) is 0 Å². The van der Waals surface area contributed by atoms with E-state index >= 15 is 0 Å². The van der Waals surface area contributed by atoms with Crippen LogP contribution in [0.4, 0.5) is 68.2 Å². The van der Waals surface area contributed by atoms with E-state index in [1.807, 2.05) is 0 Å². The van der Waals surface area contributed by atoms with Crippen molar-refractivity contribution in [2.75, 3.05) is 19.6 Å². The number of benzene rings is 20. The van der Waals surface area contributed by atoms with Gasteiger partial charge in [0.15, 0.2) is 0 Å². The van der Waals surface area contributed by atoms with Gasteiger partial charge in [0, 0.05) is 78.5 Å². The van der Waals surface area contributed by atoms with Crippen LogP contribution in [0.5, 0.6) is 0 Å². The molecule has 4 aliphatic rings. The van der Waals surface area contributed by atoms with Gasteiger partial charge >= 0.3 is 0 Å². The van der Waals surface area contributed by atoms with E-state index in [9.17, 15) is 0 Å². The van der Waals surface area contributed by atoms with E-state index in [4.69, 9.17) is 0 Å². The predicted octanol–water partition coefficient (Wildman–Crippen LogP) is 38.3. The second kappa shape index (κ2) is 34.3. The highest BCUT2D eigenvalue weighted by Crippen LogP contribution is 2.59. The zero-order chi connectivity index (χ0) is 96.9. The molecule has 0 aliphatic heterocycles. The summed E-state index contributed by atoms with van der Waals surface area (Å²) in [7, 11) is 0. The highest BCUT2D eigenvalue weighted by Gasteiger charge is 2.42. The van der Waals surface area contributed by atoms with Gasteiger partial charge in [-0.05, 0) is 364 Å². The maximum Gasteiger partial charge on any atom is 0.0520 e. The average Bonchev–Trinajstić information content (AvgIpc) is 1.56. The molecule has 0 saturated heterocycles. The molecule has 0 heterocycles. The molecule has 0 N–H and O–H groups in total. The van der Waals surface area contributed by atoms with Crippen LogP contribution in [-0.2, 0) is 21.7 Å². The van der Waals surface area contributed by atoms with Crippen molar-refractivity contribution >= 4 is 68.2 Å². The summed E-state index contributed by atoms with van der Waals surface area (Å²) in [4.78, 5) is 10.3. The van der Waals surface area contributed by atoms with Gasteiger partial charge in [-0.25, -0.2) is 0 Å². The van der Waals surface area contributed by atoms with Gasteiger partial charge in [-0.1, -0.05) is 370 Å². The van der Waals surface area contributed by atoms with Crippen LogP contribution in [0.25, 0.3) is 122 Å². The van der Waals surface area contributed by atoms with Crippen molar-refractivity contribution in [3.63, 3.8) is 0 Å². The second-order valence-electron chi connectivity index (χ2n) is 42.1. The molecule has 0 spiro atoms. The maximum absolute atomic E-state index is 2.59. The molecular formula is C138H114N4. The molecule has 4 aliphatic carbocycles. The molecule has 0 bridgehead atoms. The van der Waals surface area contributed by atoms with Gasteiger partial charge in [0.2, 0.25) is 0 Å². The number of hydrogen-bond acceptors (Lipinski definition) is 4. The third kappa shape index (κ3) is 15.0. The molecule has 20 aromatic carbocycles. The van der Waals surface area contributed by atoms with Crippen LogP contribution in [0.1, 0.15) is 133 Å². The number of hydrogen-bond donors (Lipinski definition) is 0. The molecule has 0 saturated carbocycles. The quantitative estimate of drug-likeness (QED) is 0.0800. The van der Waals surface area contributed by atoms with Crippen molar-refractivity contribution in [3.8, 4) is 122 Å². The predicted molar refractivity (Wildman–Crippen MR) is 602 cm³/mol. The first kappa shape index (κ1) is 88.3. The van der Waals surface area contributed by atoms with Crippen molar-refractivity contribution in [2.45, 2.75) is 119 Å². The first-order valence-corrected chi connectivity index (χ1v) is 50.2.